The number of carbonyl (C=O) groups is 2. The lowest BCUT2D eigenvalue weighted by Crippen LogP contribution is -2.27. The van der Waals surface area contributed by atoms with E-state index in [4.69, 9.17) is 4.74 Å². The number of esters is 1. The Balaban J connectivity index is 1.97. The highest BCUT2D eigenvalue weighted by Crippen LogP contribution is 2.17. The Morgan fingerprint density at radius 2 is 2.00 bits per heavy atom. The van der Waals surface area contributed by atoms with Crippen molar-refractivity contribution in [2.45, 2.75) is 32.3 Å². The van der Waals surface area contributed by atoms with Gasteiger partial charge in [0.15, 0.2) is 5.78 Å². The number of hydrogen-bond donors (Lipinski definition) is 0. The van der Waals surface area contributed by atoms with Gasteiger partial charge in [0.25, 0.3) is 0 Å². The Kier molecular flexibility index (Phi) is 4.50. The summed E-state index contributed by atoms with van der Waals surface area (Å²) in [4.78, 5) is 24.1. The summed E-state index contributed by atoms with van der Waals surface area (Å²) in [6, 6.07) is 8.84. The van der Waals surface area contributed by atoms with Crippen LogP contribution in [0.1, 0.15) is 36.5 Å². The van der Waals surface area contributed by atoms with Gasteiger partial charge in [-0.2, -0.15) is 0 Å². The molecule has 3 heteroatoms. The van der Waals surface area contributed by atoms with E-state index in [1.54, 1.807) is 31.2 Å². The second-order valence-corrected chi connectivity index (χ2v) is 4.79. The van der Waals surface area contributed by atoms with Crippen LogP contribution < -0.4 is 0 Å². The van der Waals surface area contributed by atoms with Gasteiger partial charge in [0.1, 0.15) is 12.0 Å². The normalized spacial score (nSPS) is 19.7. The summed E-state index contributed by atoms with van der Waals surface area (Å²) < 4.78 is 5.35. The molecule has 0 aliphatic heterocycles. The predicted octanol–water partition coefficient (Wildman–Crippen LogP) is 3.16. The maximum atomic E-state index is 12.1. The van der Waals surface area contributed by atoms with Gasteiger partial charge in [0.2, 0.25) is 0 Å². The molecule has 0 spiro atoms. The number of carbonyl (C=O) groups excluding carboxylic acids is 2. The van der Waals surface area contributed by atoms with E-state index in [2.05, 4.69) is 0 Å². The highest BCUT2D eigenvalue weighted by atomic mass is 16.5. The maximum absolute atomic E-state index is 12.1. The average molecular weight is 258 g/mol. The first-order valence-corrected chi connectivity index (χ1v) is 6.65. The van der Waals surface area contributed by atoms with E-state index in [0.29, 0.717) is 5.56 Å². The van der Waals surface area contributed by atoms with Gasteiger partial charge >= 0.3 is 5.97 Å². The minimum atomic E-state index is -0.752. The molecule has 100 valence electrons. The molecule has 3 nitrogen and oxygen atoms in total. The van der Waals surface area contributed by atoms with Crippen molar-refractivity contribution < 1.29 is 14.3 Å². The molecule has 2 rings (SSSR count). The maximum Gasteiger partial charge on any atom is 0.317 e. The zero-order valence-electron chi connectivity index (χ0n) is 11.0. The number of allylic oxidation sites excluding steroid dienone is 1. The third-order valence-electron chi connectivity index (χ3n) is 3.28. The van der Waals surface area contributed by atoms with Crippen LogP contribution in [0.4, 0.5) is 0 Å². The van der Waals surface area contributed by atoms with Crippen LogP contribution in [0.2, 0.25) is 0 Å². The second-order valence-electron chi connectivity index (χ2n) is 4.79. The van der Waals surface area contributed by atoms with Gasteiger partial charge in [-0.25, -0.2) is 0 Å². The van der Waals surface area contributed by atoms with E-state index in [9.17, 15) is 9.59 Å². The van der Waals surface area contributed by atoms with E-state index in [1.165, 1.54) is 0 Å². The van der Waals surface area contributed by atoms with Crippen molar-refractivity contribution in [1.29, 1.82) is 0 Å². The smallest absolute Gasteiger partial charge is 0.317 e. The van der Waals surface area contributed by atoms with Gasteiger partial charge < -0.3 is 4.74 Å². The minimum absolute atomic E-state index is 0.174. The molecule has 2 unspecified atom stereocenters. The lowest BCUT2D eigenvalue weighted by Gasteiger charge is -2.19. The Morgan fingerprint density at radius 1 is 1.26 bits per heavy atom. The van der Waals surface area contributed by atoms with Crippen molar-refractivity contribution in [3.63, 3.8) is 0 Å². The summed E-state index contributed by atoms with van der Waals surface area (Å²) in [5.74, 6) is -1.38. The molecule has 1 aromatic rings. The fourth-order valence-electron chi connectivity index (χ4n) is 2.09. The molecule has 1 aliphatic carbocycles. The topological polar surface area (TPSA) is 43.4 Å². The molecule has 0 radical (unpaired) electrons. The molecule has 0 fully saturated rings. The van der Waals surface area contributed by atoms with Crippen molar-refractivity contribution in [2.24, 2.45) is 5.92 Å². The fraction of sp³-hybridized carbons (Fsp3) is 0.375. The van der Waals surface area contributed by atoms with Crippen LogP contribution in [0.3, 0.4) is 0 Å². The Labute approximate surface area is 113 Å². The third-order valence-corrected chi connectivity index (χ3v) is 3.28. The second kappa shape index (κ2) is 6.32. The summed E-state index contributed by atoms with van der Waals surface area (Å²) in [7, 11) is 0. The largest absolute Gasteiger partial charge is 0.458 e. The van der Waals surface area contributed by atoms with Crippen LogP contribution in [0.15, 0.2) is 42.5 Å². The summed E-state index contributed by atoms with van der Waals surface area (Å²) in [6.45, 7) is 1.60. The van der Waals surface area contributed by atoms with Gasteiger partial charge in [0.05, 0.1) is 0 Å². The molecular weight excluding hydrogens is 240 g/mol. The quantitative estimate of drug-likeness (QED) is 0.360. The van der Waals surface area contributed by atoms with E-state index in [0.717, 1.165) is 19.3 Å². The lowest BCUT2D eigenvalue weighted by molar-refractivity contribution is -0.149. The number of Topliss-reactive ketones (excluding diaryl/α,β-unsaturated/α-hetero) is 1. The SMILES string of the molecule is CC(C(=O)OC1C=CCCC1)C(=O)c1ccccc1. The number of benzene rings is 1. The first kappa shape index (κ1) is 13.5. The highest BCUT2D eigenvalue weighted by Gasteiger charge is 2.26. The van der Waals surface area contributed by atoms with Crippen molar-refractivity contribution >= 4 is 11.8 Å². The van der Waals surface area contributed by atoms with E-state index >= 15 is 0 Å². The summed E-state index contributed by atoms with van der Waals surface area (Å²) in [5.41, 5.74) is 0.547. The van der Waals surface area contributed by atoms with Crippen LogP contribution in [-0.2, 0) is 9.53 Å². The monoisotopic (exact) mass is 258 g/mol. The molecular formula is C16H18O3. The summed E-state index contributed by atoms with van der Waals surface area (Å²) in [5, 5.41) is 0. The van der Waals surface area contributed by atoms with Crippen LogP contribution in [-0.4, -0.2) is 17.9 Å². The predicted molar refractivity (Wildman–Crippen MR) is 72.8 cm³/mol. The molecule has 19 heavy (non-hydrogen) atoms. The van der Waals surface area contributed by atoms with Gasteiger partial charge in [-0.15, -0.1) is 0 Å². The van der Waals surface area contributed by atoms with Crippen LogP contribution in [0.25, 0.3) is 0 Å². The molecule has 1 aliphatic rings. The zero-order chi connectivity index (χ0) is 13.7. The lowest BCUT2D eigenvalue weighted by atomic mass is 9.99. The van der Waals surface area contributed by atoms with Crippen molar-refractivity contribution in [2.75, 3.05) is 0 Å². The number of ketones is 1. The first-order valence-electron chi connectivity index (χ1n) is 6.65. The summed E-state index contributed by atoms with van der Waals surface area (Å²) >= 11 is 0. The van der Waals surface area contributed by atoms with Crippen LogP contribution in [0, 0.1) is 5.92 Å². The molecule has 1 aromatic carbocycles. The van der Waals surface area contributed by atoms with E-state index in [1.807, 2.05) is 18.2 Å². The zero-order valence-corrected chi connectivity index (χ0v) is 11.0. The van der Waals surface area contributed by atoms with Gasteiger partial charge in [-0.3, -0.25) is 9.59 Å². The molecule has 2 atom stereocenters. The van der Waals surface area contributed by atoms with Crippen LogP contribution in [0.5, 0.6) is 0 Å². The average Bonchev–Trinajstić information content (AvgIpc) is 2.47. The molecule has 0 heterocycles. The molecule has 0 saturated heterocycles. The number of ether oxygens (including phenoxy) is 1. The Morgan fingerprint density at radius 3 is 2.63 bits per heavy atom. The number of rotatable bonds is 4. The number of hydrogen-bond acceptors (Lipinski definition) is 3. The van der Waals surface area contributed by atoms with Gasteiger partial charge in [0, 0.05) is 5.56 Å². The van der Waals surface area contributed by atoms with Crippen molar-refractivity contribution in [3.8, 4) is 0 Å². The van der Waals surface area contributed by atoms with Crippen molar-refractivity contribution in [1.82, 2.24) is 0 Å². The minimum Gasteiger partial charge on any atom is -0.458 e. The molecule has 0 N–H and O–H groups in total. The standard InChI is InChI=1S/C16H18O3/c1-12(15(17)13-8-4-2-5-9-13)16(18)19-14-10-6-3-7-11-14/h2,4-6,8-10,12,14H,3,7,11H2,1H3. The van der Waals surface area contributed by atoms with Gasteiger partial charge in [-0.1, -0.05) is 36.4 Å². The molecule has 0 bridgehead atoms. The third kappa shape index (κ3) is 3.53. The Bertz CT molecular complexity index is 476. The first-order chi connectivity index (χ1) is 9.18. The van der Waals surface area contributed by atoms with E-state index < -0.39 is 11.9 Å². The van der Waals surface area contributed by atoms with E-state index in [-0.39, 0.29) is 11.9 Å². The highest BCUT2D eigenvalue weighted by molar-refractivity contribution is 6.08. The fourth-order valence-corrected chi connectivity index (χ4v) is 2.09. The molecule has 0 aromatic heterocycles. The summed E-state index contributed by atoms with van der Waals surface area (Å²) in [6.07, 6.45) is 6.65. The molecule has 0 amide bonds. The van der Waals surface area contributed by atoms with Crippen LogP contribution >= 0.6 is 0 Å². The Hall–Kier alpha value is -1.90. The molecule has 0 saturated carbocycles. The van der Waals surface area contributed by atoms with Gasteiger partial charge in [-0.05, 0) is 32.3 Å². The van der Waals surface area contributed by atoms with Crippen molar-refractivity contribution in [3.05, 3.63) is 48.0 Å².